The first-order valence-electron chi connectivity index (χ1n) is 4.28. The number of benzene rings is 1. The second-order valence-electron chi connectivity index (χ2n) is 3.05. The number of hydrogen-bond donors (Lipinski definition) is 1. The minimum Gasteiger partial charge on any atom is -0.292 e. The largest absolute Gasteiger partial charge is 0.292 e. The number of nitro benzene ring substituents is 1. The molecule has 0 heterocycles. The maximum Gasteiger partial charge on any atom is 0.285 e. The van der Waals surface area contributed by atoms with E-state index in [1.807, 2.05) is 0 Å². The molecule has 0 saturated carbocycles. The Balaban J connectivity index is 3.30. The van der Waals surface area contributed by atoms with Gasteiger partial charge in [-0.3, -0.25) is 25.0 Å². The van der Waals surface area contributed by atoms with Gasteiger partial charge in [0.25, 0.3) is 11.6 Å². The van der Waals surface area contributed by atoms with Gasteiger partial charge in [-0.25, -0.2) is 8.78 Å². The maximum atomic E-state index is 12.9. The Hall–Kier alpha value is -2.38. The molecule has 2 amide bonds. The molecule has 6 nitrogen and oxygen atoms in total. The summed E-state index contributed by atoms with van der Waals surface area (Å²) in [6.07, 6.45) is 0. The van der Waals surface area contributed by atoms with Crippen molar-refractivity contribution in [3.8, 4) is 0 Å². The van der Waals surface area contributed by atoms with Crippen LogP contribution in [-0.2, 0) is 4.79 Å². The van der Waals surface area contributed by atoms with Gasteiger partial charge in [-0.1, -0.05) is 0 Å². The van der Waals surface area contributed by atoms with Gasteiger partial charge in [-0.05, 0) is 6.07 Å². The van der Waals surface area contributed by atoms with Crippen LogP contribution in [-0.4, -0.2) is 16.7 Å². The number of nitrogens with zero attached hydrogens (tertiary/aromatic N) is 1. The molecule has 0 saturated heterocycles. The Labute approximate surface area is 93.4 Å². The third kappa shape index (κ3) is 2.80. The standard InChI is InChI=1S/C9H6F2N2O4/c1-4(14)12-9(15)5-2-6(10)7(11)3-8(5)13(16)17/h2-3H,1H3,(H,12,14,15). The van der Waals surface area contributed by atoms with Crippen molar-refractivity contribution in [1.82, 2.24) is 5.32 Å². The number of imide groups is 1. The van der Waals surface area contributed by atoms with Gasteiger partial charge in [0.2, 0.25) is 5.91 Å². The van der Waals surface area contributed by atoms with Gasteiger partial charge >= 0.3 is 0 Å². The normalized spacial score (nSPS) is 9.82. The van der Waals surface area contributed by atoms with Crippen LogP contribution in [0, 0.1) is 21.7 Å². The van der Waals surface area contributed by atoms with Crippen LogP contribution >= 0.6 is 0 Å². The average molecular weight is 244 g/mol. The third-order valence-corrected chi connectivity index (χ3v) is 1.77. The van der Waals surface area contributed by atoms with Gasteiger partial charge in [0, 0.05) is 6.92 Å². The van der Waals surface area contributed by atoms with E-state index < -0.39 is 39.6 Å². The summed E-state index contributed by atoms with van der Waals surface area (Å²) in [6.45, 7) is 1.00. The molecule has 1 N–H and O–H groups in total. The van der Waals surface area contributed by atoms with Crippen molar-refractivity contribution in [3.63, 3.8) is 0 Å². The van der Waals surface area contributed by atoms with E-state index in [9.17, 15) is 28.5 Å². The van der Waals surface area contributed by atoms with Gasteiger partial charge in [0.05, 0.1) is 11.0 Å². The molecule has 1 rings (SSSR count). The fraction of sp³-hybridized carbons (Fsp3) is 0.111. The fourth-order valence-electron chi connectivity index (χ4n) is 1.10. The SMILES string of the molecule is CC(=O)NC(=O)c1cc(F)c(F)cc1[N+](=O)[O-]. The number of rotatable bonds is 2. The van der Waals surface area contributed by atoms with Crippen molar-refractivity contribution in [2.24, 2.45) is 0 Å². The summed E-state index contributed by atoms with van der Waals surface area (Å²) in [7, 11) is 0. The van der Waals surface area contributed by atoms with Gasteiger partial charge < -0.3 is 0 Å². The molecule has 0 spiro atoms. The van der Waals surface area contributed by atoms with Gasteiger partial charge in [0.1, 0.15) is 5.56 Å². The average Bonchev–Trinajstić information content (AvgIpc) is 2.19. The molecule has 8 heteroatoms. The van der Waals surface area contributed by atoms with Gasteiger partial charge in [-0.15, -0.1) is 0 Å². The predicted molar refractivity (Wildman–Crippen MR) is 51.2 cm³/mol. The van der Waals surface area contributed by atoms with Crippen LogP contribution in [0.2, 0.25) is 0 Å². The van der Waals surface area contributed by atoms with Crippen molar-refractivity contribution >= 4 is 17.5 Å². The summed E-state index contributed by atoms with van der Waals surface area (Å²) in [5, 5.41) is 12.3. The van der Waals surface area contributed by atoms with Crippen molar-refractivity contribution in [1.29, 1.82) is 0 Å². The van der Waals surface area contributed by atoms with E-state index in [0.717, 1.165) is 6.92 Å². The summed E-state index contributed by atoms with van der Waals surface area (Å²) >= 11 is 0. The summed E-state index contributed by atoms with van der Waals surface area (Å²) < 4.78 is 25.6. The Kier molecular flexibility index (Phi) is 3.46. The maximum absolute atomic E-state index is 12.9. The number of halogens is 2. The van der Waals surface area contributed by atoms with Crippen molar-refractivity contribution in [2.45, 2.75) is 6.92 Å². The number of nitrogens with one attached hydrogen (secondary N) is 1. The van der Waals surface area contributed by atoms with Crippen LogP contribution < -0.4 is 5.32 Å². The fourth-order valence-corrected chi connectivity index (χ4v) is 1.10. The van der Waals surface area contributed by atoms with Gasteiger partial charge in [-0.2, -0.15) is 0 Å². The lowest BCUT2D eigenvalue weighted by atomic mass is 10.1. The first-order chi connectivity index (χ1) is 7.82. The van der Waals surface area contributed by atoms with Crippen molar-refractivity contribution in [2.75, 3.05) is 0 Å². The zero-order valence-electron chi connectivity index (χ0n) is 8.49. The van der Waals surface area contributed by atoms with E-state index in [0.29, 0.717) is 6.07 Å². The second kappa shape index (κ2) is 4.64. The lowest BCUT2D eigenvalue weighted by Crippen LogP contribution is -2.28. The molecule has 90 valence electrons. The van der Waals surface area contributed by atoms with Crippen LogP contribution in [0.3, 0.4) is 0 Å². The molecule has 0 radical (unpaired) electrons. The highest BCUT2D eigenvalue weighted by Crippen LogP contribution is 2.22. The van der Waals surface area contributed by atoms with Crippen LogP contribution in [0.25, 0.3) is 0 Å². The number of amides is 2. The monoisotopic (exact) mass is 244 g/mol. The van der Waals surface area contributed by atoms with Gasteiger partial charge in [0.15, 0.2) is 11.6 Å². The van der Waals surface area contributed by atoms with Crippen LogP contribution in [0.5, 0.6) is 0 Å². The highest BCUT2D eigenvalue weighted by Gasteiger charge is 2.24. The quantitative estimate of drug-likeness (QED) is 0.624. The second-order valence-corrected chi connectivity index (χ2v) is 3.05. The van der Waals surface area contributed by atoms with Crippen molar-refractivity contribution in [3.05, 3.63) is 39.4 Å². The first-order valence-corrected chi connectivity index (χ1v) is 4.28. The van der Waals surface area contributed by atoms with E-state index in [-0.39, 0.29) is 6.07 Å². The number of carbonyl (C=O) groups excluding carboxylic acids is 2. The zero-order chi connectivity index (χ0) is 13.2. The Bertz CT molecular complexity index is 516. The van der Waals surface area contributed by atoms with E-state index in [1.54, 1.807) is 5.32 Å². The molecule has 0 fully saturated rings. The lowest BCUT2D eigenvalue weighted by molar-refractivity contribution is -0.385. The molecule has 1 aromatic rings. The number of nitro groups is 1. The number of carbonyl (C=O) groups is 2. The molecule has 0 bridgehead atoms. The van der Waals surface area contributed by atoms with Crippen LogP contribution in [0.4, 0.5) is 14.5 Å². The molecule has 0 aliphatic carbocycles. The minimum absolute atomic E-state index is 0.282. The van der Waals surface area contributed by atoms with E-state index in [2.05, 4.69) is 0 Å². The Morgan fingerprint density at radius 1 is 1.29 bits per heavy atom. The molecular weight excluding hydrogens is 238 g/mol. The topological polar surface area (TPSA) is 89.3 Å². The third-order valence-electron chi connectivity index (χ3n) is 1.77. The minimum atomic E-state index is -1.45. The summed E-state index contributed by atoms with van der Waals surface area (Å²) in [6, 6.07) is 0.649. The molecule has 0 aliphatic rings. The van der Waals surface area contributed by atoms with E-state index in [1.165, 1.54) is 0 Å². The highest BCUT2D eigenvalue weighted by atomic mass is 19.2. The predicted octanol–water partition coefficient (Wildman–Crippen LogP) is 1.15. The van der Waals surface area contributed by atoms with Crippen LogP contribution in [0.15, 0.2) is 12.1 Å². The van der Waals surface area contributed by atoms with E-state index >= 15 is 0 Å². The lowest BCUT2D eigenvalue weighted by Gasteiger charge is -2.03. The molecule has 0 aliphatic heterocycles. The van der Waals surface area contributed by atoms with E-state index in [4.69, 9.17) is 0 Å². The molecule has 0 aromatic heterocycles. The molecular formula is C9H6F2N2O4. The molecule has 1 aromatic carbocycles. The van der Waals surface area contributed by atoms with Crippen molar-refractivity contribution < 1.29 is 23.3 Å². The summed E-state index contributed by atoms with van der Waals surface area (Å²) in [4.78, 5) is 31.4. The highest BCUT2D eigenvalue weighted by molar-refractivity contribution is 6.06. The summed E-state index contributed by atoms with van der Waals surface area (Å²) in [5.74, 6) is -4.79. The zero-order valence-corrected chi connectivity index (χ0v) is 8.49. The smallest absolute Gasteiger partial charge is 0.285 e. The Morgan fingerprint density at radius 3 is 2.29 bits per heavy atom. The Morgan fingerprint density at radius 2 is 1.82 bits per heavy atom. The summed E-state index contributed by atoms with van der Waals surface area (Å²) in [5.41, 5.74) is -1.63. The molecule has 17 heavy (non-hydrogen) atoms. The first kappa shape index (κ1) is 12.7. The molecule has 0 unspecified atom stereocenters. The number of hydrogen-bond acceptors (Lipinski definition) is 4. The molecule has 0 atom stereocenters. The van der Waals surface area contributed by atoms with Crippen LogP contribution in [0.1, 0.15) is 17.3 Å².